The topological polar surface area (TPSA) is 120 Å². The van der Waals surface area contributed by atoms with Crippen molar-refractivity contribution in [3.63, 3.8) is 0 Å². The lowest BCUT2D eigenvalue weighted by Crippen LogP contribution is -2.67. The van der Waals surface area contributed by atoms with Gasteiger partial charge < -0.3 is 35.0 Å². The first-order chi connectivity index (χ1) is 7.45. The molecule has 0 bridgehead atoms. The first-order valence-electron chi connectivity index (χ1n) is 4.74. The third-order valence-electron chi connectivity index (χ3n) is 2.35. The molecule has 4 atom stereocenters. The van der Waals surface area contributed by atoms with E-state index in [1.165, 1.54) is 0 Å². The quantitative estimate of drug-likeness (QED) is 0.235. The third kappa shape index (κ3) is 2.66. The molecular weight excluding hydrogens is 240 g/mol. The molecule has 96 valence electrons. The zero-order valence-electron chi connectivity index (χ0n) is 8.43. The predicted octanol–water partition coefficient (Wildman–Crippen LogP) is -2.95. The number of hydrogen-bond acceptors (Lipinski definition) is 8. The predicted molar refractivity (Wildman–Crippen MR) is 54.7 cm³/mol. The van der Waals surface area contributed by atoms with Crippen LogP contribution in [0.1, 0.15) is 0 Å². The summed E-state index contributed by atoms with van der Waals surface area (Å²) in [6, 6.07) is 0. The monoisotopic (exact) mass is 256 g/mol. The molecule has 16 heavy (non-hydrogen) atoms. The fourth-order valence-electron chi connectivity index (χ4n) is 1.42. The van der Waals surface area contributed by atoms with E-state index >= 15 is 0 Å². The van der Waals surface area contributed by atoms with Gasteiger partial charge in [0.15, 0.2) is 6.29 Å². The summed E-state index contributed by atoms with van der Waals surface area (Å²) in [5, 5.41) is 46.6. The van der Waals surface area contributed by atoms with Gasteiger partial charge in [-0.15, -0.1) is 0 Å². The molecule has 1 aliphatic rings. The fraction of sp³-hybridized carbons (Fsp3) is 1.00. The molecule has 1 rings (SSSR count). The van der Waals surface area contributed by atoms with Gasteiger partial charge in [-0.05, 0) is 0 Å². The molecular formula is C8H16O7S. The summed E-state index contributed by atoms with van der Waals surface area (Å²) in [7, 11) is 0. The van der Waals surface area contributed by atoms with Gasteiger partial charge in [0.05, 0.1) is 13.2 Å². The zero-order chi connectivity index (χ0) is 12.3. The van der Waals surface area contributed by atoms with E-state index in [2.05, 4.69) is 12.6 Å². The van der Waals surface area contributed by atoms with Crippen molar-refractivity contribution >= 4 is 12.6 Å². The maximum atomic E-state index is 9.49. The first kappa shape index (κ1) is 14.1. The van der Waals surface area contributed by atoms with Gasteiger partial charge in [-0.1, -0.05) is 0 Å². The molecule has 1 aliphatic heterocycles. The van der Waals surface area contributed by atoms with Gasteiger partial charge in [0.2, 0.25) is 5.79 Å². The second-order valence-electron chi connectivity index (χ2n) is 3.49. The summed E-state index contributed by atoms with van der Waals surface area (Å²) < 4.78 is 9.92. The van der Waals surface area contributed by atoms with E-state index in [0.717, 1.165) is 0 Å². The third-order valence-corrected chi connectivity index (χ3v) is 2.53. The van der Waals surface area contributed by atoms with Gasteiger partial charge in [-0.2, -0.15) is 12.6 Å². The number of aliphatic hydroxyl groups is 5. The second kappa shape index (κ2) is 5.61. The molecule has 5 N–H and O–H groups in total. The Morgan fingerprint density at radius 1 is 1.31 bits per heavy atom. The second-order valence-corrected chi connectivity index (χ2v) is 3.94. The summed E-state index contributed by atoms with van der Waals surface area (Å²) >= 11 is 3.88. The molecule has 1 fully saturated rings. The van der Waals surface area contributed by atoms with E-state index in [9.17, 15) is 20.4 Å². The van der Waals surface area contributed by atoms with Gasteiger partial charge in [0.25, 0.3) is 0 Å². The van der Waals surface area contributed by atoms with Gasteiger partial charge in [0.1, 0.15) is 18.3 Å². The molecule has 1 heterocycles. The van der Waals surface area contributed by atoms with Crippen LogP contribution >= 0.6 is 12.6 Å². The van der Waals surface area contributed by atoms with Crippen molar-refractivity contribution in [2.75, 3.05) is 19.0 Å². The molecule has 0 saturated carbocycles. The summed E-state index contributed by atoms with van der Waals surface area (Å²) in [6.07, 6.45) is -6.18. The maximum Gasteiger partial charge on any atom is 0.221 e. The molecule has 8 heteroatoms. The first-order valence-corrected chi connectivity index (χ1v) is 5.38. The van der Waals surface area contributed by atoms with Crippen LogP contribution in [0.3, 0.4) is 0 Å². The summed E-state index contributed by atoms with van der Waals surface area (Å²) in [6.45, 7) is -0.572. The highest BCUT2D eigenvalue weighted by Gasteiger charge is 2.54. The van der Waals surface area contributed by atoms with Crippen LogP contribution in [0.2, 0.25) is 0 Å². The lowest BCUT2D eigenvalue weighted by Gasteiger charge is -2.44. The highest BCUT2D eigenvalue weighted by molar-refractivity contribution is 7.80. The van der Waals surface area contributed by atoms with E-state index in [4.69, 9.17) is 14.6 Å². The van der Waals surface area contributed by atoms with Crippen molar-refractivity contribution in [2.45, 2.75) is 30.4 Å². The minimum atomic E-state index is -2.71. The van der Waals surface area contributed by atoms with Crippen molar-refractivity contribution in [1.82, 2.24) is 0 Å². The van der Waals surface area contributed by atoms with Gasteiger partial charge in [0, 0.05) is 5.75 Å². The summed E-state index contributed by atoms with van der Waals surface area (Å²) in [4.78, 5) is 0. The largest absolute Gasteiger partial charge is 0.393 e. The Labute approximate surface area is 97.6 Å². The minimum absolute atomic E-state index is 0.152. The van der Waals surface area contributed by atoms with E-state index in [1.54, 1.807) is 0 Å². The average molecular weight is 256 g/mol. The molecule has 0 aromatic carbocycles. The Bertz CT molecular complexity index is 220. The van der Waals surface area contributed by atoms with Crippen molar-refractivity contribution in [2.24, 2.45) is 0 Å². The Balaban J connectivity index is 2.71. The molecule has 0 aromatic heterocycles. The fourth-order valence-corrected chi connectivity index (χ4v) is 1.52. The van der Waals surface area contributed by atoms with E-state index in [-0.39, 0.29) is 6.61 Å². The lowest BCUT2D eigenvalue weighted by molar-refractivity contribution is -0.385. The number of rotatable bonds is 4. The SMILES string of the molecule is OCC1O[C@@H](OCCS)C(O)[C@@H](O)C1(O)O. The minimum Gasteiger partial charge on any atom is -0.393 e. The Hall–Kier alpha value is 0.0700. The standard InChI is InChI=1S/C8H16O7S/c9-3-4-8(12,13)6(11)5(10)7(15-4)14-1-2-16/h4-7,9-13,16H,1-3H2/t4?,5?,6-,7-/m1/s1. The normalized spacial score (nSPS) is 38.6. The lowest BCUT2D eigenvalue weighted by atomic mass is 9.95. The molecule has 0 spiro atoms. The molecule has 0 aromatic rings. The number of aliphatic hydroxyl groups excluding tert-OH is 3. The van der Waals surface area contributed by atoms with E-state index < -0.39 is 37.0 Å². The Morgan fingerprint density at radius 3 is 2.44 bits per heavy atom. The average Bonchev–Trinajstić information content (AvgIpc) is 2.25. The van der Waals surface area contributed by atoms with Crippen LogP contribution in [0.4, 0.5) is 0 Å². The number of ether oxygens (including phenoxy) is 2. The van der Waals surface area contributed by atoms with Crippen LogP contribution in [0.15, 0.2) is 0 Å². The Kier molecular flexibility index (Phi) is 4.95. The highest BCUT2D eigenvalue weighted by Crippen LogP contribution is 2.28. The molecule has 7 nitrogen and oxygen atoms in total. The summed E-state index contributed by atoms with van der Waals surface area (Å²) in [5.41, 5.74) is 0. The van der Waals surface area contributed by atoms with Crippen molar-refractivity contribution < 1.29 is 35.0 Å². The number of thiol groups is 1. The molecule has 1 saturated heterocycles. The zero-order valence-corrected chi connectivity index (χ0v) is 9.32. The van der Waals surface area contributed by atoms with Crippen LogP contribution in [0.25, 0.3) is 0 Å². The Morgan fingerprint density at radius 2 is 1.94 bits per heavy atom. The molecule has 0 amide bonds. The van der Waals surface area contributed by atoms with Crippen molar-refractivity contribution in [3.05, 3.63) is 0 Å². The van der Waals surface area contributed by atoms with Crippen LogP contribution in [0.5, 0.6) is 0 Å². The van der Waals surface area contributed by atoms with Crippen molar-refractivity contribution in [1.29, 1.82) is 0 Å². The number of hydrogen-bond donors (Lipinski definition) is 6. The highest BCUT2D eigenvalue weighted by atomic mass is 32.1. The maximum absolute atomic E-state index is 9.49. The smallest absolute Gasteiger partial charge is 0.221 e. The molecule has 2 unspecified atom stereocenters. The van der Waals surface area contributed by atoms with Crippen molar-refractivity contribution in [3.8, 4) is 0 Å². The van der Waals surface area contributed by atoms with Gasteiger partial charge >= 0.3 is 0 Å². The molecule has 0 aliphatic carbocycles. The van der Waals surface area contributed by atoms with Crippen LogP contribution in [0, 0.1) is 0 Å². The van der Waals surface area contributed by atoms with Crippen LogP contribution in [-0.2, 0) is 9.47 Å². The van der Waals surface area contributed by atoms with Gasteiger partial charge in [-0.25, -0.2) is 0 Å². The summed E-state index contributed by atoms with van der Waals surface area (Å²) in [5.74, 6) is -2.34. The molecule has 0 radical (unpaired) electrons. The van der Waals surface area contributed by atoms with Crippen LogP contribution in [-0.4, -0.2) is 74.9 Å². The van der Waals surface area contributed by atoms with E-state index in [1.807, 2.05) is 0 Å². The van der Waals surface area contributed by atoms with E-state index in [0.29, 0.717) is 5.75 Å². The van der Waals surface area contributed by atoms with Gasteiger partial charge in [-0.3, -0.25) is 0 Å². The van der Waals surface area contributed by atoms with Crippen LogP contribution < -0.4 is 0 Å².